The first-order chi connectivity index (χ1) is 9.12. The van der Waals surface area contributed by atoms with Crippen molar-refractivity contribution in [1.29, 1.82) is 0 Å². The van der Waals surface area contributed by atoms with Gasteiger partial charge in [-0.05, 0) is 13.8 Å². The highest BCUT2D eigenvalue weighted by atomic mass is 32.2. The van der Waals surface area contributed by atoms with E-state index in [0.29, 0.717) is 22.2 Å². The molecule has 0 saturated carbocycles. The van der Waals surface area contributed by atoms with E-state index in [-0.39, 0.29) is 5.95 Å². The standard InChI is InChI=1S/C10H15N7OS/c1-4-17(5-2)8-12-7(11)13-9(14-8)19-10-16-15-6(3)18-10/h4-5H2,1-3H3,(H2,11,12,13,14). The fourth-order valence-electron chi connectivity index (χ4n) is 1.45. The zero-order valence-electron chi connectivity index (χ0n) is 11.0. The van der Waals surface area contributed by atoms with Gasteiger partial charge in [0.15, 0.2) is 0 Å². The maximum atomic E-state index is 5.70. The highest BCUT2D eigenvalue weighted by Gasteiger charge is 2.13. The number of rotatable bonds is 5. The Balaban J connectivity index is 2.25. The molecule has 0 unspecified atom stereocenters. The smallest absolute Gasteiger partial charge is 0.284 e. The molecule has 0 aromatic carbocycles. The predicted molar refractivity (Wildman–Crippen MR) is 71.0 cm³/mol. The second-order valence-corrected chi connectivity index (χ2v) is 4.56. The van der Waals surface area contributed by atoms with E-state index in [1.165, 1.54) is 11.8 Å². The quantitative estimate of drug-likeness (QED) is 0.863. The van der Waals surface area contributed by atoms with Crippen molar-refractivity contribution in [1.82, 2.24) is 25.1 Å². The molecule has 0 aliphatic rings. The molecule has 0 bridgehead atoms. The third-order valence-corrected chi connectivity index (χ3v) is 3.06. The van der Waals surface area contributed by atoms with Crippen LogP contribution < -0.4 is 10.6 Å². The van der Waals surface area contributed by atoms with Crippen LogP contribution in [-0.4, -0.2) is 38.2 Å². The van der Waals surface area contributed by atoms with E-state index in [1.807, 2.05) is 18.7 Å². The summed E-state index contributed by atoms with van der Waals surface area (Å²) in [4.78, 5) is 14.5. The van der Waals surface area contributed by atoms with Gasteiger partial charge in [-0.25, -0.2) is 0 Å². The van der Waals surface area contributed by atoms with Gasteiger partial charge in [0.1, 0.15) is 0 Å². The number of aromatic nitrogens is 5. The van der Waals surface area contributed by atoms with Crippen LogP contribution >= 0.6 is 11.8 Å². The van der Waals surface area contributed by atoms with Crippen molar-refractivity contribution in [3.05, 3.63) is 5.89 Å². The van der Waals surface area contributed by atoms with E-state index in [2.05, 4.69) is 25.1 Å². The van der Waals surface area contributed by atoms with Crippen molar-refractivity contribution in [3.63, 3.8) is 0 Å². The Morgan fingerprint density at radius 2 is 1.89 bits per heavy atom. The second kappa shape index (κ2) is 5.83. The first-order valence-electron chi connectivity index (χ1n) is 5.86. The maximum absolute atomic E-state index is 5.70. The molecular formula is C10H15N7OS. The summed E-state index contributed by atoms with van der Waals surface area (Å²) in [7, 11) is 0. The van der Waals surface area contributed by atoms with Gasteiger partial charge < -0.3 is 15.1 Å². The molecule has 8 nitrogen and oxygen atoms in total. The van der Waals surface area contributed by atoms with Gasteiger partial charge in [0.25, 0.3) is 5.22 Å². The van der Waals surface area contributed by atoms with Gasteiger partial charge in [-0.15, -0.1) is 10.2 Å². The van der Waals surface area contributed by atoms with Crippen molar-refractivity contribution in [2.45, 2.75) is 31.2 Å². The van der Waals surface area contributed by atoms with E-state index in [4.69, 9.17) is 10.2 Å². The lowest BCUT2D eigenvalue weighted by Gasteiger charge is -2.18. The summed E-state index contributed by atoms with van der Waals surface area (Å²) < 4.78 is 5.27. The van der Waals surface area contributed by atoms with Gasteiger partial charge in [-0.1, -0.05) is 0 Å². The number of nitrogens with zero attached hydrogens (tertiary/aromatic N) is 6. The van der Waals surface area contributed by atoms with Crippen LogP contribution in [0.15, 0.2) is 14.8 Å². The lowest BCUT2D eigenvalue weighted by atomic mass is 10.5. The normalized spacial score (nSPS) is 10.7. The molecule has 0 aliphatic heterocycles. The average Bonchev–Trinajstić information content (AvgIpc) is 2.75. The van der Waals surface area contributed by atoms with Crippen LogP contribution in [0.4, 0.5) is 11.9 Å². The minimum Gasteiger partial charge on any atom is -0.416 e. The van der Waals surface area contributed by atoms with Crippen LogP contribution in [0.3, 0.4) is 0 Å². The van der Waals surface area contributed by atoms with E-state index < -0.39 is 0 Å². The molecule has 102 valence electrons. The number of nitrogens with two attached hydrogens (primary N) is 1. The van der Waals surface area contributed by atoms with Gasteiger partial charge in [-0.3, -0.25) is 0 Å². The minimum atomic E-state index is 0.177. The number of anilines is 2. The van der Waals surface area contributed by atoms with Crippen LogP contribution in [0, 0.1) is 6.92 Å². The molecule has 0 saturated heterocycles. The largest absolute Gasteiger partial charge is 0.416 e. The molecule has 0 aliphatic carbocycles. The average molecular weight is 281 g/mol. The Kier molecular flexibility index (Phi) is 4.15. The van der Waals surface area contributed by atoms with Gasteiger partial charge in [0, 0.05) is 31.8 Å². The molecule has 2 aromatic heterocycles. The van der Waals surface area contributed by atoms with Crippen LogP contribution in [0.5, 0.6) is 0 Å². The zero-order valence-corrected chi connectivity index (χ0v) is 11.8. The first-order valence-corrected chi connectivity index (χ1v) is 6.68. The SMILES string of the molecule is CCN(CC)c1nc(N)nc(Sc2nnc(C)o2)n1. The Labute approximate surface area is 114 Å². The van der Waals surface area contributed by atoms with Gasteiger partial charge in [0.05, 0.1) is 0 Å². The summed E-state index contributed by atoms with van der Waals surface area (Å²) >= 11 is 1.17. The Bertz CT molecular complexity index is 555. The highest BCUT2D eigenvalue weighted by molar-refractivity contribution is 7.98. The summed E-state index contributed by atoms with van der Waals surface area (Å²) in [6, 6.07) is 0. The van der Waals surface area contributed by atoms with Crippen LogP contribution in [0.1, 0.15) is 19.7 Å². The van der Waals surface area contributed by atoms with Crippen LogP contribution in [-0.2, 0) is 0 Å². The summed E-state index contributed by atoms with van der Waals surface area (Å²) in [5, 5.41) is 8.45. The Morgan fingerprint density at radius 3 is 2.47 bits per heavy atom. The van der Waals surface area contributed by atoms with E-state index in [9.17, 15) is 0 Å². The molecule has 2 heterocycles. The molecule has 2 aromatic rings. The fourth-order valence-corrected chi connectivity index (χ4v) is 2.12. The van der Waals surface area contributed by atoms with E-state index in [0.717, 1.165) is 13.1 Å². The van der Waals surface area contributed by atoms with Crippen molar-refractivity contribution in [2.24, 2.45) is 0 Å². The van der Waals surface area contributed by atoms with Crippen molar-refractivity contribution in [2.75, 3.05) is 23.7 Å². The third-order valence-electron chi connectivity index (χ3n) is 2.35. The lowest BCUT2D eigenvalue weighted by Crippen LogP contribution is -2.25. The Morgan fingerprint density at radius 1 is 1.16 bits per heavy atom. The van der Waals surface area contributed by atoms with E-state index in [1.54, 1.807) is 6.92 Å². The van der Waals surface area contributed by atoms with Gasteiger partial charge in [-0.2, -0.15) is 15.0 Å². The van der Waals surface area contributed by atoms with Gasteiger partial charge >= 0.3 is 0 Å². The number of hydrogen-bond donors (Lipinski definition) is 1. The number of aryl methyl sites for hydroxylation is 1. The lowest BCUT2D eigenvalue weighted by molar-refractivity contribution is 0.429. The van der Waals surface area contributed by atoms with Crippen molar-refractivity contribution >= 4 is 23.7 Å². The predicted octanol–water partition coefficient (Wildman–Crippen LogP) is 1.14. The summed E-state index contributed by atoms with van der Waals surface area (Å²) in [6.45, 7) is 7.36. The fraction of sp³-hybridized carbons (Fsp3) is 0.500. The minimum absolute atomic E-state index is 0.177. The molecule has 0 fully saturated rings. The molecule has 2 rings (SSSR count). The maximum Gasteiger partial charge on any atom is 0.284 e. The monoisotopic (exact) mass is 281 g/mol. The van der Waals surface area contributed by atoms with Crippen molar-refractivity contribution in [3.8, 4) is 0 Å². The van der Waals surface area contributed by atoms with Crippen molar-refractivity contribution < 1.29 is 4.42 Å². The molecule has 0 spiro atoms. The summed E-state index contributed by atoms with van der Waals surface area (Å²) in [6.07, 6.45) is 0. The number of nitrogen functional groups attached to an aromatic ring is 1. The molecule has 0 radical (unpaired) electrons. The highest BCUT2D eigenvalue weighted by Crippen LogP contribution is 2.24. The Hall–Kier alpha value is -1.90. The van der Waals surface area contributed by atoms with Gasteiger partial charge in [0.2, 0.25) is 22.9 Å². The topological polar surface area (TPSA) is 107 Å². The summed E-state index contributed by atoms with van der Waals surface area (Å²) in [5.41, 5.74) is 5.70. The van der Waals surface area contributed by atoms with Crippen LogP contribution in [0.2, 0.25) is 0 Å². The van der Waals surface area contributed by atoms with Crippen LogP contribution in [0.25, 0.3) is 0 Å². The molecule has 9 heteroatoms. The molecule has 0 atom stereocenters. The summed E-state index contributed by atoms with van der Waals surface area (Å²) in [5.74, 6) is 1.22. The molecule has 2 N–H and O–H groups in total. The molecule has 0 amide bonds. The second-order valence-electron chi connectivity index (χ2n) is 3.64. The molecule has 19 heavy (non-hydrogen) atoms. The third kappa shape index (κ3) is 3.31. The first kappa shape index (κ1) is 13.5. The zero-order chi connectivity index (χ0) is 13.8. The number of hydrogen-bond acceptors (Lipinski definition) is 9. The van der Waals surface area contributed by atoms with E-state index >= 15 is 0 Å². The molecular weight excluding hydrogens is 266 g/mol.